The maximum atomic E-state index is 12.9. The Labute approximate surface area is 121 Å². The summed E-state index contributed by atoms with van der Waals surface area (Å²) in [5.74, 6) is -0.277. The normalized spacial score (nSPS) is 11.6. The second kappa shape index (κ2) is 8.21. The third kappa shape index (κ3) is 5.09. The van der Waals surface area contributed by atoms with Crippen molar-refractivity contribution in [3.63, 3.8) is 0 Å². The van der Waals surface area contributed by atoms with E-state index in [0.29, 0.717) is 25.2 Å². The molecule has 0 spiro atoms. The Morgan fingerprint density at radius 2 is 1.80 bits per heavy atom. The number of hydrogen-bond donors (Lipinski definition) is 1. The van der Waals surface area contributed by atoms with Crippen LogP contribution in [0, 0.1) is 5.82 Å². The Balaban J connectivity index is 2.65. The van der Waals surface area contributed by atoms with Gasteiger partial charge in [-0.15, -0.1) is 0 Å². The summed E-state index contributed by atoms with van der Waals surface area (Å²) in [5, 5.41) is 3.18. The van der Waals surface area contributed by atoms with Crippen LogP contribution < -0.4 is 9.62 Å². The van der Waals surface area contributed by atoms with E-state index in [1.165, 1.54) is 28.6 Å². The molecule has 6 heteroatoms. The van der Waals surface area contributed by atoms with E-state index in [2.05, 4.69) is 12.2 Å². The summed E-state index contributed by atoms with van der Waals surface area (Å²) in [6.07, 6.45) is 1.60. The lowest BCUT2D eigenvalue weighted by atomic mass is 10.3. The number of nitrogens with zero attached hydrogens (tertiary/aromatic N) is 1. The van der Waals surface area contributed by atoms with Crippen molar-refractivity contribution >= 4 is 15.7 Å². The first-order valence-electron chi connectivity index (χ1n) is 6.98. The van der Waals surface area contributed by atoms with Crippen molar-refractivity contribution in [2.75, 3.05) is 29.7 Å². The minimum Gasteiger partial charge on any atom is -0.317 e. The summed E-state index contributed by atoms with van der Waals surface area (Å²) in [5.41, 5.74) is 0.510. The molecule has 114 valence electrons. The van der Waals surface area contributed by atoms with Crippen LogP contribution in [0.3, 0.4) is 0 Å². The van der Waals surface area contributed by atoms with Crippen molar-refractivity contribution in [2.45, 2.75) is 26.7 Å². The van der Waals surface area contributed by atoms with Crippen molar-refractivity contribution in [3.8, 4) is 0 Å². The number of sulfonamides is 1. The average molecular weight is 302 g/mol. The van der Waals surface area contributed by atoms with Gasteiger partial charge in [-0.3, -0.25) is 4.31 Å². The Bertz CT molecular complexity index is 488. The van der Waals surface area contributed by atoms with Gasteiger partial charge in [0.25, 0.3) is 0 Å². The smallest absolute Gasteiger partial charge is 0.235 e. The van der Waals surface area contributed by atoms with Crippen LogP contribution in [0.4, 0.5) is 10.1 Å². The fourth-order valence-electron chi connectivity index (χ4n) is 1.94. The molecule has 0 heterocycles. The minimum absolute atomic E-state index is 0.0922. The van der Waals surface area contributed by atoms with Crippen LogP contribution in [0.2, 0.25) is 0 Å². The molecule has 0 bridgehead atoms. The second-order valence-electron chi connectivity index (χ2n) is 4.56. The van der Waals surface area contributed by atoms with Crippen molar-refractivity contribution in [3.05, 3.63) is 30.1 Å². The molecule has 0 atom stereocenters. The zero-order chi connectivity index (χ0) is 15.0. The molecular formula is C14H23FN2O2S. The standard InChI is InChI=1S/C14H23FN2O2S/c1-3-10-16-11-5-12-20(18,19)17(4-2)14-8-6-13(15)7-9-14/h6-9,16H,3-5,10-12H2,1-2H3. The molecule has 0 aliphatic heterocycles. The fourth-order valence-corrected chi connectivity index (χ4v) is 3.50. The number of rotatable bonds is 9. The fraction of sp³-hybridized carbons (Fsp3) is 0.571. The highest BCUT2D eigenvalue weighted by molar-refractivity contribution is 7.92. The summed E-state index contributed by atoms with van der Waals surface area (Å²) < 4.78 is 38.8. The van der Waals surface area contributed by atoms with Crippen molar-refractivity contribution in [1.82, 2.24) is 5.32 Å². The molecule has 0 unspecified atom stereocenters. The van der Waals surface area contributed by atoms with Crippen LogP contribution in [0.15, 0.2) is 24.3 Å². The van der Waals surface area contributed by atoms with Gasteiger partial charge in [-0.05, 0) is 57.1 Å². The lowest BCUT2D eigenvalue weighted by molar-refractivity contribution is 0.584. The molecule has 0 amide bonds. The molecule has 1 rings (SSSR count). The van der Waals surface area contributed by atoms with Crippen LogP contribution in [-0.2, 0) is 10.0 Å². The first-order chi connectivity index (χ1) is 9.51. The van der Waals surface area contributed by atoms with E-state index in [0.717, 1.165) is 13.0 Å². The Morgan fingerprint density at radius 1 is 1.15 bits per heavy atom. The van der Waals surface area contributed by atoms with E-state index in [1.54, 1.807) is 6.92 Å². The summed E-state index contributed by atoms with van der Waals surface area (Å²) in [6, 6.07) is 5.53. The molecule has 1 aromatic rings. The van der Waals surface area contributed by atoms with Gasteiger partial charge >= 0.3 is 0 Å². The van der Waals surface area contributed by atoms with Gasteiger partial charge < -0.3 is 5.32 Å². The molecule has 0 aliphatic rings. The van der Waals surface area contributed by atoms with E-state index in [9.17, 15) is 12.8 Å². The summed E-state index contributed by atoms with van der Waals surface area (Å²) in [6.45, 7) is 5.77. The highest BCUT2D eigenvalue weighted by Gasteiger charge is 2.20. The molecule has 4 nitrogen and oxygen atoms in total. The third-order valence-electron chi connectivity index (χ3n) is 2.92. The zero-order valence-corrected chi connectivity index (χ0v) is 12.9. The first-order valence-corrected chi connectivity index (χ1v) is 8.59. The quantitative estimate of drug-likeness (QED) is 0.713. The highest BCUT2D eigenvalue weighted by atomic mass is 32.2. The number of halogens is 1. The molecule has 0 aliphatic carbocycles. The summed E-state index contributed by atoms with van der Waals surface area (Å²) in [7, 11) is -3.35. The monoisotopic (exact) mass is 302 g/mol. The molecule has 0 aromatic heterocycles. The lowest BCUT2D eigenvalue weighted by Crippen LogP contribution is -2.34. The molecule has 0 saturated heterocycles. The van der Waals surface area contributed by atoms with Gasteiger partial charge in [0.1, 0.15) is 5.82 Å². The van der Waals surface area contributed by atoms with E-state index in [-0.39, 0.29) is 11.6 Å². The van der Waals surface area contributed by atoms with Crippen LogP contribution in [0.25, 0.3) is 0 Å². The topological polar surface area (TPSA) is 49.4 Å². The zero-order valence-electron chi connectivity index (χ0n) is 12.1. The Kier molecular flexibility index (Phi) is 6.95. The molecule has 1 aromatic carbocycles. The van der Waals surface area contributed by atoms with E-state index in [4.69, 9.17) is 0 Å². The lowest BCUT2D eigenvalue weighted by Gasteiger charge is -2.22. The van der Waals surface area contributed by atoms with Crippen molar-refractivity contribution in [1.29, 1.82) is 0 Å². The minimum atomic E-state index is -3.35. The van der Waals surface area contributed by atoms with E-state index in [1.807, 2.05) is 0 Å². The third-order valence-corrected chi connectivity index (χ3v) is 4.87. The van der Waals surface area contributed by atoms with Gasteiger partial charge in [-0.1, -0.05) is 6.92 Å². The van der Waals surface area contributed by atoms with Gasteiger partial charge in [-0.25, -0.2) is 12.8 Å². The van der Waals surface area contributed by atoms with E-state index < -0.39 is 10.0 Å². The van der Waals surface area contributed by atoms with Crippen LogP contribution in [0.1, 0.15) is 26.7 Å². The molecule has 0 saturated carbocycles. The molecule has 1 N–H and O–H groups in total. The SMILES string of the molecule is CCCNCCCS(=O)(=O)N(CC)c1ccc(F)cc1. The van der Waals surface area contributed by atoms with Crippen LogP contribution in [0.5, 0.6) is 0 Å². The first kappa shape index (κ1) is 16.9. The van der Waals surface area contributed by atoms with Crippen molar-refractivity contribution < 1.29 is 12.8 Å². The summed E-state index contributed by atoms with van der Waals surface area (Å²) in [4.78, 5) is 0. The van der Waals surface area contributed by atoms with Gasteiger partial charge in [0.2, 0.25) is 10.0 Å². The number of nitrogens with one attached hydrogen (secondary N) is 1. The number of benzene rings is 1. The number of anilines is 1. The predicted molar refractivity (Wildman–Crippen MR) is 81.0 cm³/mol. The largest absolute Gasteiger partial charge is 0.317 e. The van der Waals surface area contributed by atoms with Gasteiger partial charge in [0.15, 0.2) is 0 Å². The molecule has 0 radical (unpaired) electrons. The maximum Gasteiger partial charge on any atom is 0.235 e. The Hall–Kier alpha value is -1.14. The molecule has 0 fully saturated rings. The predicted octanol–water partition coefficient (Wildman–Crippen LogP) is 2.37. The van der Waals surface area contributed by atoms with Gasteiger partial charge in [0.05, 0.1) is 11.4 Å². The second-order valence-corrected chi connectivity index (χ2v) is 6.57. The molecular weight excluding hydrogens is 279 g/mol. The highest BCUT2D eigenvalue weighted by Crippen LogP contribution is 2.18. The van der Waals surface area contributed by atoms with Crippen LogP contribution in [-0.4, -0.2) is 33.8 Å². The summed E-state index contributed by atoms with van der Waals surface area (Å²) >= 11 is 0. The van der Waals surface area contributed by atoms with Gasteiger partial charge in [0, 0.05) is 6.54 Å². The Morgan fingerprint density at radius 3 is 2.35 bits per heavy atom. The van der Waals surface area contributed by atoms with Gasteiger partial charge in [-0.2, -0.15) is 0 Å². The average Bonchev–Trinajstić information content (AvgIpc) is 2.41. The number of hydrogen-bond acceptors (Lipinski definition) is 3. The molecule has 20 heavy (non-hydrogen) atoms. The maximum absolute atomic E-state index is 12.9. The van der Waals surface area contributed by atoms with E-state index >= 15 is 0 Å². The van der Waals surface area contributed by atoms with Crippen molar-refractivity contribution in [2.24, 2.45) is 0 Å². The van der Waals surface area contributed by atoms with Crippen LogP contribution >= 0.6 is 0 Å².